The molecular formula is C13H22N4O2. The minimum Gasteiger partial charge on any atom is -0.389 e. The summed E-state index contributed by atoms with van der Waals surface area (Å²) in [6, 6.07) is 1.98. The molecule has 0 spiro atoms. The predicted molar refractivity (Wildman–Crippen MR) is 74.6 cm³/mol. The Morgan fingerprint density at radius 1 is 1.42 bits per heavy atom. The summed E-state index contributed by atoms with van der Waals surface area (Å²) in [6.45, 7) is 2.94. The maximum absolute atomic E-state index is 9.74. The summed E-state index contributed by atoms with van der Waals surface area (Å²) in [5.74, 6) is 1.79. The Morgan fingerprint density at radius 2 is 2.16 bits per heavy atom. The third-order valence-corrected chi connectivity index (χ3v) is 3.30. The van der Waals surface area contributed by atoms with Crippen molar-refractivity contribution in [2.24, 2.45) is 0 Å². The van der Waals surface area contributed by atoms with Crippen LogP contribution in [0.25, 0.3) is 0 Å². The topological polar surface area (TPSA) is 61.7 Å². The van der Waals surface area contributed by atoms with E-state index in [0.29, 0.717) is 13.2 Å². The molecule has 0 saturated carbocycles. The van der Waals surface area contributed by atoms with Crippen molar-refractivity contribution in [3.05, 3.63) is 12.4 Å². The van der Waals surface area contributed by atoms with Crippen LogP contribution < -0.4 is 9.80 Å². The fourth-order valence-electron chi connectivity index (χ4n) is 2.32. The lowest BCUT2D eigenvalue weighted by Crippen LogP contribution is -2.32. The number of nitrogens with zero attached hydrogens (tertiary/aromatic N) is 4. The summed E-state index contributed by atoms with van der Waals surface area (Å²) in [4.78, 5) is 12.8. The maximum atomic E-state index is 9.74. The molecule has 19 heavy (non-hydrogen) atoms. The van der Waals surface area contributed by atoms with Crippen molar-refractivity contribution >= 4 is 11.6 Å². The van der Waals surface area contributed by atoms with Crippen molar-refractivity contribution in [2.75, 3.05) is 50.2 Å². The van der Waals surface area contributed by atoms with E-state index in [2.05, 4.69) is 14.9 Å². The van der Waals surface area contributed by atoms with Crippen LogP contribution in [-0.2, 0) is 4.74 Å². The first-order valence-corrected chi connectivity index (χ1v) is 6.66. The van der Waals surface area contributed by atoms with Gasteiger partial charge in [0, 0.05) is 39.9 Å². The molecule has 0 amide bonds. The molecule has 6 heteroatoms. The van der Waals surface area contributed by atoms with E-state index in [1.807, 2.05) is 18.0 Å². The molecule has 1 aromatic rings. The standard InChI is InChI=1S/C13H22N4O2/c1-16(8-11(18)9-19-2)12-7-13(15-10-14-12)17-5-3-4-6-17/h7,10-11,18H,3-6,8-9H2,1-2H3/t11-/m0/s1. The van der Waals surface area contributed by atoms with Gasteiger partial charge in [-0.25, -0.2) is 9.97 Å². The fourth-order valence-corrected chi connectivity index (χ4v) is 2.32. The molecular weight excluding hydrogens is 244 g/mol. The molecule has 1 aliphatic rings. The first-order valence-electron chi connectivity index (χ1n) is 6.66. The largest absolute Gasteiger partial charge is 0.389 e. The van der Waals surface area contributed by atoms with E-state index < -0.39 is 6.10 Å². The monoisotopic (exact) mass is 266 g/mol. The number of aromatic nitrogens is 2. The van der Waals surface area contributed by atoms with E-state index >= 15 is 0 Å². The average molecular weight is 266 g/mol. The second-order valence-corrected chi connectivity index (χ2v) is 4.92. The minimum atomic E-state index is -0.514. The Bertz CT molecular complexity index is 396. The van der Waals surface area contributed by atoms with Gasteiger partial charge >= 0.3 is 0 Å². The molecule has 1 aromatic heterocycles. The Hall–Kier alpha value is -1.40. The first-order chi connectivity index (χ1) is 9.20. The molecule has 106 valence electrons. The van der Waals surface area contributed by atoms with Gasteiger partial charge in [-0.15, -0.1) is 0 Å². The average Bonchev–Trinajstić information content (AvgIpc) is 2.93. The van der Waals surface area contributed by atoms with Gasteiger partial charge in [-0.2, -0.15) is 0 Å². The molecule has 2 rings (SSSR count). The Morgan fingerprint density at radius 3 is 2.84 bits per heavy atom. The molecule has 1 N–H and O–H groups in total. The maximum Gasteiger partial charge on any atom is 0.134 e. The zero-order valence-electron chi connectivity index (χ0n) is 11.6. The highest BCUT2D eigenvalue weighted by Gasteiger charge is 2.16. The van der Waals surface area contributed by atoms with Gasteiger partial charge in [-0.3, -0.25) is 0 Å². The molecule has 2 heterocycles. The van der Waals surface area contributed by atoms with Crippen molar-refractivity contribution in [3.8, 4) is 0 Å². The van der Waals surface area contributed by atoms with Crippen molar-refractivity contribution in [1.82, 2.24) is 9.97 Å². The second-order valence-electron chi connectivity index (χ2n) is 4.92. The van der Waals surface area contributed by atoms with Crippen LogP contribution in [0.3, 0.4) is 0 Å². The van der Waals surface area contributed by atoms with Gasteiger partial charge in [0.1, 0.15) is 18.0 Å². The molecule has 0 aromatic carbocycles. The molecule has 0 radical (unpaired) electrons. The molecule has 6 nitrogen and oxygen atoms in total. The molecule has 1 atom stereocenters. The molecule has 0 aliphatic carbocycles. The Kier molecular flexibility index (Phi) is 4.93. The van der Waals surface area contributed by atoms with Crippen molar-refractivity contribution in [1.29, 1.82) is 0 Å². The highest BCUT2D eigenvalue weighted by atomic mass is 16.5. The van der Waals surface area contributed by atoms with Crippen LogP contribution in [0.5, 0.6) is 0 Å². The first kappa shape index (κ1) is 14.0. The van der Waals surface area contributed by atoms with Crippen LogP contribution in [0.2, 0.25) is 0 Å². The summed E-state index contributed by atoms with van der Waals surface area (Å²) in [5.41, 5.74) is 0. The second kappa shape index (κ2) is 6.68. The van der Waals surface area contributed by atoms with E-state index in [9.17, 15) is 5.11 Å². The van der Waals surface area contributed by atoms with Gasteiger partial charge in [-0.1, -0.05) is 0 Å². The van der Waals surface area contributed by atoms with Gasteiger partial charge in [-0.05, 0) is 12.8 Å². The third-order valence-electron chi connectivity index (χ3n) is 3.30. The normalized spacial score (nSPS) is 16.7. The minimum absolute atomic E-state index is 0.328. The summed E-state index contributed by atoms with van der Waals surface area (Å²) >= 11 is 0. The van der Waals surface area contributed by atoms with Crippen molar-refractivity contribution < 1.29 is 9.84 Å². The van der Waals surface area contributed by atoms with E-state index in [-0.39, 0.29) is 0 Å². The smallest absolute Gasteiger partial charge is 0.134 e. The number of hydrogen-bond donors (Lipinski definition) is 1. The van der Waals surface area contributed by atoms with Crippen molar-refractivity contribution in [2.45, 2.75) is 18.9 Å². The van der Waals surface area contributed by atoms with Crippen LogP contribution in [0.1, 0.15) is 12.8 Å². The van der Waals surface area contributed by atoms with Crippen LogP contribution in [-0.4, -0.2) is 61.6 Å². The van der Waals surface area contributed by atoms with E-state index in [0.717, 1.165) is 24.7 Å². The Balaban J connectivity index is 2.01. The number of aliphatic hydroxyl groups is 1. The number of likely N-dealkylation sites (N-methyl/N-ethyl adjacent to an activating group) is 1. The molecule has 1 aliphatic heterocycles. The number of anilines is 2. The molecule has 1 saturated heterocycles. The zero-order valence-corrected chi connectivity index (χ0v) is 11.6. The van der Waals surface area contributed by atoms with Crippen LogP contribution in [0.4, 0.5) is 11.6 Å². The number of hydrogen-bond acceptors (Lipinski definition) is 6. The van der Waals surface area contributed by atoms with Crippen LogP contribution in [0, 0.1) is 0 Å². The van der Waals surface area contributed by atoms with Gasteiger partial charge in [0.15, 0.2) is 0 Å². The molecule has 1 fully saturated rings. The van der Waals surface area contributed by atoms with E-state index in [4.69, 9.17) is 4.74 Å². The fraction of sp³-hybridized carbons (Fsp3) is 0.692. The lowest BCUT2D eigenvalue weighted by Gasteiger charge is -2.23. The summed E-state index contributed by atoms with van der Waals surface area (Å²) in [6.07, 6.45) is 3.52. The van der Waals surface area contributed by atoms with Gasteiger partial charge in [0.2, 0.25) is 0 Å². The van der Waals surface area contributed by atoms with Gasteiger partial charge in [0.25, 0.3) is 0 Å². The van der Waals surface area contributed by atoms with Crippen LogP contribution >= 0.6 is 0 Å². The SMILES string of the molecule is COC[C@@H](O)CN(C)c1cc(N2CCCC2)ncn1. The van der Waals surface area contributed by atoms with E-state index in [1.54, 1.807) is 13.4 Å². The van der Waals surface area contributed by atoms with Crippen LogP contribution in [0.15, 0.2) is 12.4 Å². The lowest BCUT2D eigenvalue weighted by molar-refractivity contribution is 0.0694. The predicted octanol–water partition coefficient (Wildman–Crippen LogP) is 0.520. The third kappa shape index (κ3) is 3.78. The number of ether oxygens (including phenoxy) is 1. The number of rotatable bonds is 6. The lowest BCUT2D eigenvalue weighted by atomic mass is 10.3. The highest BCUT2D eigenvalue weighted by Crippen LogP contribution is 2.20. The highest BCUT2D eigenvalue weighted by molar-refractivity contribution is 5.50. The van der Waals surface area contributed by atoms with Gasteiger partial charge < -0.3 is 19.6 Å². The summed E-state index contributed by atoms with van der Waals surface area (Å²) in [7, 11) is 3.49. The van der Waals surface area contributed by atoms with E-state index in [1.165, 1.54) is 12.8 Å². The zero-order chi connectivity index (χ0) is 13.7. The summed E-state index contributed by atoms with van der Waals surface area (Å²) < 4.78 is 4.93. The number of methoxy groups -OCH3 is 1. The Labute approximate surface area is 114 Å². The summed E-state index contributed by atoms with van der Waals surface area (Å²) in [5, 5.41) is 9.74. The molecule has 0 unspecified atom stereocenters. The molecule has 0 bridgehead atoms. The number of aliphatic hydroxyl groups excluding tert-OH is 1. The quantitative estimate of drug-likeness (QED) is 0.810. The van der Waals surface area contributed by atoms with Crippen molar-refractivity contribution in [3.63, 3.8) is 0 Å². The van der Waals surface area contributed by atoms with Gasteiger partial charge in [0.05, 0.1) is 12.7 Å².